The molecule has 1 aliphatic carbocycles. The Hall–Kier alpha value is -2.08. The van der Waals surface area contributed by atoms with Crippen molar-refractivity contribution in [2.45, 2.75) is 38.5 Å². The van der Waals surface area contributed by atoms with E-state index < -0.39 is 0 Å². The van der Waals surface area contributed by atoms with E-state index in [0.29, 0.717) is 18.7 Å². The maximum Gasteiger partial charge on any atom is 0.257 e. The molecule has 0 aliphatic heterocycles. The summed E-state index contributed by atoms with van der Waals surface area (Å²) in [5.41, 5.74) is 6.61. The number of anilines is 1. The molecule has 2 amide bonds. The van der Waals surface area contributed by atoms with Gasteiger partial charge in [0.2, 0.25) is 5.91 Å². The molecule has 1 aromatic carbocycles. The second-order valence-electron chi connectivity index (χ2n) is 6.48. The van der Waals surface area contributed by atoms with Gasteiger partial charge in [-0.05, 0) is 49.1 Å². The van der Waals surface area contributed by atoms with Gasteiger partial charge in [0.15, 0.2) is 6.61 Å². The van der Waals surface area contributed by atoms with E-state index in [2.05, 4.69) is 10.6 Å². The van der Waals surface area contributed by atoms with Crippen molar-refractivity contribution in [1.29, 1.82) is 0 Å². The van der Waals surface area contributed by atoms with Crippen molar-refractivity contribution in [3.63, 3.8) is 0 Å². The first-order valence-electron chi connectivity index (χ1n) is 8.50. The molecule has 0 heterocycles. The van der Waals surface area contributed by atoms with E-state index in [9.17, 15) is 9.59 Å². The Morgan fingerprint density at radius 3 is 2.38 bits per heavy atom. The Bertz CT molecular complexity index is 551. The highest BCUT2D eigenvalue weighted by molar-refractivity contribution is 5.91. The number of nitrogens with one attached hydrogen (secondary N) is 2. The summed E-state index contributed by atoms with van der Waals surface area (Å²) in [5, 5.41) is 5.41. The van der Waals surface area contributed by atoms with Gasteiger partial charge in [0.05, 0.1) is 0 Å². The van der Waals surface area contributed by atoms with Crippen LogP contribution in [0.1, 0.15) is 38.5 Å². The summed E-state index contributed by atoms with van der Waals surface area (Å²) < 4.78 is 5.33. The van der Waals surface area contributed by atoms with Gasteiger partial charge in [-0.25, -0.2) is 0 Å². The first-order chi connectivity index (χ1) is 11.6. The molecule has 0 radical (unpaired) electrons. The van der Waals surface area contributed by atoms with Gasteiger partial charge >= 0.3 is 0 Å². The van der Waals surface area contributed by atoms with Crippen molar-refractivity contribution in [2.24, 2.45) is 11.1 Å². The Labute approximate surface area is 143 Å². The number of carbonyl (C=O) groups excluding carboxylic acids is 2. The zero-order chi connectivity index (χ0) is 17.4. The molecule has 6 nitrogen and oxygen atoms in total. The van der Waals surface area contributed by atoms with E-state index in [-0.39, 0.29) is 23.8 Å². The lowest BCUT2D eigenvalue weighted by Crippen LogP contribution is -2.36. The minimum atomic E-state index is -0.188. The van der Waals surface area contributed by atoms with Crippen LogP contribution in [0.25, 0.3) is 0 Å². The molecule has 0 saturated heterocycles. The summed E-state index contributed by atoms with van der Waals surface area (Å²) in [4.78, 5) is 23.5. The number of ether oxygens (including phenoxy) is 1. The molecular weight excluding hydrogens is 306 g/mol. The Morgan fingerprint density at radius 1 is 1.12 bits per heavy atom. The Kier molecular flexibility index (Phi) is 6.61. The number of hydrogen-bond donors (Lipinski definition) is 3. The van der Waals surface area contributed by atoms with Crippen molar-refractivity contribution in [1.82, 2.24) is 5.32 Å². The van der Waals surface area contributed by atoms with Crippen molar-refractivity contribution in [2.75, 3.05) is 25.5 Å². The van der Waals surface area contributed by atoms with Crippen molar-refractivity contribution in [3.05, 3.63) is 24.3 Å². The molecule has 6 heteroatoms. The van der Waals surface area contributed by atoms with Crippen LogP contribution in [0.5, 0.6) is 5.75 Å². The van der Waals surface area contributed by atoms with Crippen LogP contribution in [0.2, 0.25) is 0 Å². The van der Waals surface area contributed by atoms with Crippen molar-refractivity contribution in [3.8, 4) is 5.75 Å². The van der Waals surface area contributed by atoms with Gasteiger partial charge in [0.25, 0.3) is 5.91 Å². The summed E-state index contributed by atoms with van der Waals surface area (Å²) in [6.07, 6.45) is 6.08. The van der Waals surface area contributed by atoms with Gasteiger partial charge in [-0.15, -0.1) is 0 Å². The molecule has 1 aliphatic rings. The lowest BCUT2D eigenvalue weighted by molar-refractivity contribution is -0.122. The summed E-state index contributed by atoms with van der Waals surface area (Å²) in [6.45, 7) is 0.536. The molecule has 1 fully saturated rings. The van der Waals surface area contributed by atoms with Crippen LogP contribution in [0.3, 0.4) is 0 Å². The molecule has 24 heavy (non-hydrogen) atoms. The predicted molar refractivity (Wildman–Crippen MR) is 93.8 cm³/mol. The topological polar surface area (TPSA) is 93.5 Å². The first-order valence-corrected chi connectivity index (χ1v) is 8.50. The maximum absolute atomic E-state index is 12.3. The molecule has 0 spiro atoms. The van der Waals surface area contributed by atoms with E-state index in [1.54, 1.807) is 31.3 Å². The molecule has 1 saturated carbocycles. The maximum atomic E-state index is 12.3. The molecular formula is C18H27N3O3. The van der Waals surface area contributed by atoms with Gasteiger partial charge < -0.3 is 21.1 Å². The second kappa shape index (κ2) is 8.68. The molecule has 0 unspecified atom stereocenters. The summed E-state index contributed by atoms with van der Waals surface area (Å²) in [5.74, 6) is 0.399. The third-order valence-electron chi connectivity index (χ3n) is 4.67. The number of hydrogen-bond acceptors (Lipinski definition) is 4. The fraction of sp³-hybridized carbons (Fsp3) is 0.556. The van der Waals surface area contributed by atoms with Crippen molar-refractivity contribution < 1.29 is 14.3 Å². The van der Waals surface area contributed by atoms with Crippen LogP contribution in [-0.2, 0) is 9.59 Å². The zero-order valence-electron chi connectivity index (χ0n) is 14.3. The van der Waals surface area contributed by atoms with Gasteiger partial charge in [-0.3, -0.25) is 9.59 Å². The van der Waals surface area contributed by atoms with Crippen LogP contribution in [0, 0.1) is 5.41 Å². The highest BCUT2D eigenvalue weighted by atomic mass is 16.5. The Morgan fingerprint density at radius 2 is 1.79 bits per heavy atom. The standard InChI is InChI=1S/C18H27N3O3/c1-20-17(23)12-24-15-7-5-14(6-8-15)21-16(22)11-18(13-19)9-3-2-4-10-18/h5-8H,2-4,9-13,19H2,1H3,(H,20,23)(H,21,22). The number of benzene rings is 1. The van der Waals surface area contributed by atoms with Crippen LogP contribution in [-0.4, -0.2) is 32.0 Å². The summed E-state index contributed by atoms with van der Waals surface area (Å²) in [6, 6.07) is 7.01. The number of carbonyl (C=O) groups is 2. The van der Waals surface area contributed by atoms with Crippen molar-refractivity contribution >= 4 is 17.5 Å². The summed E-state index contributed by atoms with van der Waals surface area (Å²) >= 11 is 0. The van der Waals surface area contributed by atoms with E-state index in [0.717, 1.165) is 31.4 Å². The number of likely N-dealkylation sites (N-methyl/N-ethyl adjacent to an activating group) is 1. The average molecular weight is 333 g/mol. The third-order valence-corrected chi connectivity index (χ3v) is 4.67. The molecule has 0 aromatic heterocycles. The minimum Gasteiger partial charge on any atom is -0.484 e. The fourth-order valence-electron chi connectivity index (χ4n) is 3.16. The molecule has 1 aromatic rings. The number of nitrogens with two attached hydrogens (primary N) is 1. The molecule has 4 N–H and O–H groups in total. The van der Waals surface area contributed by atoms with Crippen LogP contribution in [0.15, 0.2) is 24.3 Å². The fourth-order valence-corrected chi connectivity index (χ4v) is 3.16. The largest absolute Gasteiger partial charge is 0.484 e. The van der Waals surface area contributed by atoms with Crippen LogP contribution >= 0.6 is 0 Å². The van der Waals surface area contributed by atoms with Gasteiger partial charge in [-0.1, -0.05) is 19.3 Å². The quantitative estimate of drug-likeness (QED) is 0.712. The second-order valence-corrected chi connectivity index (χ2v) is 6.48. The van der Waals surface area contributed by atoms with Crippen LogP contribution in [0.4, 0.5) is 5.69 Å². The molecule has 0 atom stereocenters. The predicted octanol–water partition coefficient (Wildman–Crippen LogP) is 2.05. The Balaban J connectivity index is 1.86. The van der Waals surface area contributed by atoms with E-state index in [4.69, 9.17) is 10.5 Å². The monoisotopic (exact) mass is 333 g/mol. The lowest BCUT2D eigenvalue weighted by atomic mass is 9.71. The molecule has 132 valence electrons. The van der Waals surface area contributed by atoms with Gasteiger partial charge in [0, 0.05) is 19.2 Å². The van der Waals surface area contributed by atoms with E-state index in [1.165, 1.54) is 6.42 Å². The highest BCUT2D eigenvalue weighted by Crippen LogP contribution is 2.38. The zero-order valence-corrected chi connectivity index (χ0v) is 14.3. The summed E-state index contributed by atoms with van der Waals surface area (Å²) in [7, 11) is 1.56. The van der Waals surface area contributed by atoms with E-state index >= 15 is 0 Å². The van der Waals surface area contributed by atoms with E-state index in [1.807, 2.05) is 0 Å². The molecule has 0 bridgehead atoms. The number of amides is 2. The van der Waals surface area contributed by atoms with Crippen LogP contribution < -0.4 is 21.1 Å². The molecule has 2 rings (SSSR count). The highest BCUT2D eigenvalue weighted by Gasteiger charge is 2.32. The lowest BCUT2D eigenvalue weighted by Gasteiger charge is -2.35. The first kappa shape index (κ1) is 18.3. The van der Waals surface area contributed by atoms with Gasteiger partial charge in [-0.2, -0.15) is 0 Å². The smallest absolute Gasteiger partial charge is 0.257 e. The van der Waals surface area contributed by atoms with Gasteiger partial charge in [0.1, 0.15) is 5.75 Å². The third kappa shape index (κ3) is 5.23. The average Bonchev–Trinajstić information content (AvgIpc) is 2.61. The number of rotatable bonds is 7. The minimum absolute atomic E-state index is 0.00128. The normalized spacial score (nSPS) is 16.2. The SMILES string of the molecule is CNC(=O)COc1ccc(NC(=O)CC2(CN)CCCCC2)cc1.